The van der Waals surface area contributed by atoms with Gasteiger partial charge in [-0.15, -0.1) is 0 Å². The van der Waals surface area contributed by atoms with Gasteiger partial charge in [0.1, 0.15) is 5.69 Å². The Morgan fingerprint density at radius 3 is 2.74 bits per heavy atom. The Labute approximate surface area is 111 Å². The predicted molar refractivity (Wildman–Crippen MR) is 70.1 cm³/mol. The second-order valence-electron chi connectivity index (χ2n) is 5.12. The first-order chi connectivity index (χ1) is 8.86. The van der Waals surface area contributed by atoms with E-state index in [0.29, 0.717) is 5.84 Å². The molecule has 0 saturated carbocycles. The predicted octanol–water partition coefficient (Wildman–Crippen LogP) is 0.863. The molecule has 0 aliphatic carbocycles. The van der Waals surface area contributed by atoms with Crippen LogP contribution in [0.1, 0.15) is 36.8 Å². The first kappa shape index (κ1) is 13.5. The van der Waals surface area contributed by atoms with Crippen LogP contribution in [0.3, 0.4) is 0 Å². The Morgan fingerprint density at radius 2 is 2.21 bits per heavy atom. The average molecular weight is 263 g/mol. The fourth-order valence-electron chi connectivity index (χ4n) is 1.94. The molecule has 0 radical (unpaired) electrons. The summed E-state index contributed by atoms with van der Waals surface area (Å²) >= 11 is 0. The summed E-state index contributed by atoms with van der Waals surface area (Å²) in [6, 6.07) is 3.02. The van der Waals surface area contributed by atoms with Gasteiger partial charge in [-0.2, -0.15) is 0 Å². The Morgan fingerprint density at radius 1 is 1.53 bits per heavy atom. The number of aliphatic hydroxyl groups excluding tert-OH is 1. The second-order valence-corrected chi connectivity index (χ2v) is 5.12. The molecule has 0 aromatic carbocycles. The summed E-state index contributed by atoms with van der Waals surface area (Å²) in [6.07, 6.45) is 0.579. The number of aromatic carboxylic acids is 1. The molecule has 1 aliphatic heterocycles. The molecule has 0 fully saturated rings. The molecule has 6 nitrogen and oxygen atoms in total. The van der Waals surface area contributed by atoms with Crippen molar-refractivity contribution >= 4 is 11.8 Å². The zero-order valence-corrected chi connectivity index (χ0v) is 11.1. The lowest BCUT2D eigenvalue weighted by Gasteiger charge is -2.32. The molecule has 6 heteroatoms. The molecule has 2 atom stereocenters. The van der Waals surface area contributed by atoms with Gasteiger partial charge in [-0.3, -0.25) is 4.98 Å². The van der Waals surface area contributed by atoms with Gasteiger partial charge in [-0.05, 0) is 25.0 Å². The smallest absolute Gasteiger partial charge is 0.338 e. The zero-order valence-electron chi connectivity index (χ0n) is 11.1. The van der Waals surface area contributed by atoms with E-state index in [1.807, 2.05) is 20.8 Å². The molecule has 1 aliphatic rings. The summed E-state index contributed by atoms with van der Waals surface area (Å²) in [7, 11) is 0. The van der Waals surface area contributed by atoms with E-state index in [1.165, 1.54) is 12.3 Å². The number of carboxylic acid groups (broad SMARTS) is 1. The van der Waals surface area contributed by atoms with Gasteiger partial charge >= 0.3 is 5.97 Å². The van der Waals surface area contributed by atoms with Crippen molar-refractivity contribution in [1.29, 1.82) is 0 Å². The molecular formula is C13H17N3O3. The van der Waals surface area contributed by atoms with Crippen LogP contribution in [-0.2, 0) is 0 Å². The first-order valence-electron chi connectivity index (χ1n) is 6.09. The van der Waals surface area contributed by atoms with Gasteiger partial charge in [0.2, 0.25) is 0 Å². The van der Waals surface area contributed by atoms with Crippen molar-refractivity contribution in [2.75, 3.05) is 0 Å². The number of amidine groups is 1. The summed E-state index contributed by atoms with van der Waals surface area (Å²) in [5.74, 6) is -0.623. The maximum absolute atomic E-state index is 11.2. The highest BCUT2D eigenvalue weighted by Crippen LogP contribution is 2.27. The minimum Gasteiger partial charge on any atom is -0.478 e. The van der Waals surface area contributed by atoms with Gasteiger partial charge in [-0.1, -0.05) is 13.8 Å². The number of aromatic nitrogens is 1. The lowest BCUT2D eigenvalue weighted by molar-refractivity contribution is 0.0696. The number of hydrogen-bond acceptors (Lipinski definition) is 5. The molecule has 0 unspecified atom stereocenters. The zero-order chi connectivity index (χ0) is 14.2. The largest absolute Gasteiger partial charge is 0.478 e. The number of nitrogens with one attached hydrogen (secondary N) is 1. The lowest BCUT2D eigenvalue weighted by atomic mass is 9.87. The van der Waals surface area contributed by atoms with Crippen molar-refractivity contribution in [2.24, 2.45) is 10.9 Å². The Bertz CT molecular complexity index is 542. The number of pyridine rings is 1. The molecule has 3 N–H and O–H groups in total. The minimum atomic E-state index is -1.07. The average Bonchev–Trinajstić information content (AvgIpc) is 2.67. The Kier molecular flexibility index (Phi) is 3.28. The lowest BCUT2D eigenvalue weighted by Crippen LogP contribution is -2.52. The summed E-state index contributed by atoms with van der Waals surface area (Å²) < 4.78 is 0. The molecule has 1 aromatic heterocycles. The van der Waals surface area contributed by atoms with Gasteiger partial charge < -0.3 is 15.5 Å². The van der Waals surface area contributed by atoms with Crippen molar-refractivity contribution in [1.82, 2.24) is 10.3 Å². The molecule has 102 valence electrons. The highest BCUT2D eigenvalue weighted by Gasteiger charge is 2.42. The van der Waals surface area contributed by atoms with Crippen molar-refractivity contribution in [3.63, 3.8) is 0 Å². The third-order valence-electron chi connectivity index (χ3n) is 3.64. The second kappa shape index (κ2) is 4.62. The van der Waals surface area contributed by atoms with Crippen molar-refractivity contribution in [3.05, 3.63) is 29.6 Å². The molecule has 0 saturated heterocycles. The van der Waals surface area contributed by atoms with Gasteiger partial charge in [0, 0.05) is 6.20 Å². The fourth-order valence-corrected chi connectivity index (χ4v) is 1.94. The van der Waals surface area contributed by atoms with Crippen LogP contribution in [0.4, 0.5) is 0 Å². The quantitative estimate of drug-likeness (QED) is 0.752. The SMILES string of the molecule is CC(C)[C@@]1(C)NC(c2ncccc2C(=O)O)=N[C@@H]1O. The van der Waals surface area contributed by atoms with Crippen LogP contribution in [0.2, 0.25) is 0 Å². The van der Waals surface area contributed by atoms with Crippen LogP contribution in [-0.4, -0.2) is 38.8 Å². The van der Waals surface area contributed by atoms with Crippen LogP contribution in [0.5, 0.6) is 0 Å². The highest BCUT2D eigenvalue weighted by atomic mass is 16.4. The maximum atomic E-state index is 11.2. The summed E-state index contributed by atoms with van der Waals surface area (Å²) in [5.41, 5.74) is -0.310. The maximum Gasteiger partial charge on any atom is 0.338 e. The number of carbonyl (C=O) groups is 1. The minimum absolute atomic E-state index is 0.0638. The number of hydrogen-bond donors (Lipinski definition) is 3. The van der Waals surface area contributed by atoms with Crippen LogP contribution >= 0.6 is 0 Å². The molecule has 2 rings (SSSR count). The standard InChI is InChI=1S/C13H17N3O3/c1-7(2)13(3)12(19)15-10(16-13)9-8(11(17)18)5-4-6-14-9/h4-7,12,19H,1-3H3,(H,15,16)(H,17,18)/t12-,13-/m1/s1. The van der Waals surface area contributed by atoms with Crippen molar-refractivity contribution < 1.29 is 15.0 Å². The number of nitrogens with zero attached hydrogens (tertiary/aromatic N) is 2. The molecule has 0 amide bonds. The van der Waals surface area contributed by atoms with Gasteiger partial charge in [0.05, 0.1) is 11.1 Å². The van der Waals surface area contributed by atoms with E-state index in [4.69, 9.17) is 5.11 Å². The van der Waals surface area contributed by atoms with E-state index < -0.39 is 17.7 Å². The molecule has 0 spiro atoms. The van der Waals surface area contributed by atoms with E-state index in [9.17, 15) is 9.90 Å². The molecule has 0 bridgehead atoms. The van der Waals surface area contributed by atoms with Gasteiger partial charge in [0.25, 0.3) is 0 Å². The van der Waals surface area contributed by atoms with Crippen LogP contribution in [0.15, 0.2) is 23.3 Å². The number of aliphatic imine (C=N–C) groups is 1. The fraction of sp³-hybridized carbons (Fsp3) is 0.462. The van der Waals surface area contributed by atoms with Crippen LogP contribution in [0.25, 0.3) is 0 Å². The topological polar surface area (TPSA) is 94.8 Å². The van der Waals surface area contributed by atoms with Crippen molar-refractivity contribution in [3.8, 4) is 0 Å². The third kappa shape index (κ3) is 2.19. The first-order valence-corrected chi connectivity index (χ1v) is 6.09. The summed E-state index contributed by atoms with van der Waals surface area (Å²) in [5, 5.41) is 22.3. The van der Waals surface area contributed by atoms with E-state index in [2.05, 4.69) is 15.3 Å². The van der Waals surface area contributed by atoms with Crippen molar-refractivity contribution in [2.45, 2.75) is 32.5 Å². The normalized spacial score (nSPS) is 26.2. The van der Waals surface area contributed by atoms with Crippen LogP contribution in [0, 0.1) is 5.92 Å². The van der Waals surface area contributed by atoms with E-state index in [0.717, 1.165) is 0 Å². The number of rotatable bonds is 3. The highest BCUT2D eigenvalue weighted by molar-refractivity contribution is 6.07. The Balaban J connectivity index is 2.41. The van der Waals surface area contributed by atoms with Gasteiger partial charge in [0.15, 0.2) is 12.1 Å². The summed E-state index contributed by atoms with van der Waals surface area (Å²) in [4.78, 5) is 19.3. The number of carboxylic acids is 1. The van der Waals surface area contributed by atoms with E-state index in [1.54, 1.807) is 6.07 Å². The van der Waals surface area contributed by atoms with E-state index >= 15 is 0 Å². The summed E-state index contributed by atoms with van der Waals surface area (Å²) in [6.45, 7) is 5.78. The van der Waals surface area contributed by atoms with Crippen LogP contribution < -0.4 is 5.32 Å². The van der Waals surface area contributed by atoms with Gasteiger partial charge in [-0.25, -0.2) is 9.79 Å². The number of aliphatic hydroxyl groups is 1. The molecule has 19 heavy (non-hydrogen) atoms. The molecule has 2 heterocycles. The molecular weight excluding hydrogens is 246 g/mol. The van der Waals surface area contributed by atoms with E-state index in [-0.39, 0.29) is 17.2 Å². The third-order valence-corrected chi connectivity index (χ3v) is 3.64. The Hall–Kier alpha value is -1.95. The monoisotopic (exact) mass is 263 g/mol. The molecule has 1 aromatic rings.